The van der Waals surface area contributed by atoms with E-state index in [1.54, 1.807) is 30.6 Å². The van der Waals surface area contributed by atoms with Crippen LogP contribution in [0.1, 0.15) is 15.9 Å². The van der Waals surface area contributed by atoms with E-state index in [0.29, 0.717) is 22.6 Å². The van der Waals surface area contributed by atoms with Gasteiger partial charge in [0.2, 0.25) is 0 Å². The van der Waals surface area contributed by atoms with Gasteiger partial charge in [0.15, 0.2) is 0 Å². The Hall–Kier alpha value is -3.18. The first-order chi connectivity index (χ1) is 12.7. The molecule has 0 saturated heterocycles. The lowest BCUT2D eigenvalue weighted by molar-refractivity contribution is 0.102. The van der Waals surface area contributed by atoms with Crippen molar-refractivity contribution in [2.24, 2.45) is 0 Å². The normalized spacial score (nSPS) is 10.8. The van der Waals surface area contributed by atoms with Crippen LogP contribution in [0, 0.1) is 0 Å². The molecule has 0 aliphatic carbocycles. The number of rotatable bonds is 4. The molecule has 128 valence electrons. The highest BCUT2D eigenvalue weighted by atomic mass is 35.5. The Bertz CT molecular complexity index is 1060. The lowest BCUT2D eigenvalue weighted by Gasteiger charge is -2.09. The van der Waals surface area contributed by atoms with Gasteiger partial charge in [-0.25, -0.2) is 0 Å². The van der Waals surface area contributed by atoms with E-state index in [1.165, 1.54) is 0 Å². The number of benzene rings is 2. The second-order valence-electron chi connectivity index (χ2n) is 5.85. The molecule has 26 heavy (non-hydrogen) atoms. The van der Waals surface area contributed by atoms with Gasteiger partial charge < -0.3 is 5.32 Å². The summed E-state index contributed by atoms with van der Waals surface area (Å²) in [6, 6.07) is 16.6. The van der Waals surface area contributed by atoms with Crippen molar-refractivity contribution in [3.63, 3.8) is 0 Å². The number of hydrogen-bond donors (Lipinski definition) is 1. The Morgan fingerprint density at radius 3 is 2.65 bits per heavy atom. The van der Waals surface area contributed by atoms with Crippen LogP contribution in [0.15, 0.2) is 73.2 Å². The molecule has 0 saturated carbocycles. The summed E-state index contributed by atoms with van der Waals surface area (Å²) in [5.74, 6) is -0.217. The molecule has 0 aliphatic rings. The van der Waals surface area contributed by atoms with Gasteiger partial charge >= 0.3 is 0 Å². The van der Waals surface area contributed by atoms with Crippen LogP contribution in [0.2, 0.25) is 5.02 Å². The predicted molar refractivity (Wildman–Crippen MR) is 102 cm³/mol. The summed E-state index contributed by atoms with van der Waals surface area (Å²) in [7, 11) is 0. The number of anilines is 1. The van der Waals surface area contributed by atoms with Crippen LogP contribution in [0.5, 0.6) is 0 Å². The van der Waals surface area contributed by atoms with E-state index in [4.69, 9.17) is 11.6 Å². The summed E-state index contributed by atoms with van der Waals surface area (Å²) in [5.41, 5.74) is 2.90. The van der Waals surface area contributed by atoms with Crippen molar-refractivity contribution in [1.82, 2.24) is 14.8 Å². The number of fused-ring (bicyclic) bond motifs is 1. The molecule has 1 N–H and O–H groups in total. The highest BCUT2D eigenvalue weighted by Crippen LogP contribution is 2.25. The number of aromatic nitrogens is 3. The molecule has 4 aromatic rings. The third kappa shape index (κ3) is 3.30. The highest BCUT2D eigenvalue weighted by molar-refractivity contribution is 6.36. The first-order valence-electron chi connectivity index (χ1n) is 8.12. The number of nitrogens with zero attached hydrogens (tertiary/aromatic N) is 3. The second-order valence-corrected chi connectivity index (χ2v) is 6.26. The standard InChI is InChI=1S/C20H15ClN4O/c21-18-9-8-17(19-16(18)3-1-10-22-19)20(26)24-15-6-4-14(5-7-15)13-25-12-2-11-23-25/h1-12H,13H2,(H,24,26). The Kier molecular flexibility index (Phi) is 4.37. The van der Waals surface area contributed by atoms with E-state index in [2.05, 4.69) is 15.4 Å². The molecule has 2 aromatic carbocycles. The lowest BCUT2D eigenvalue weighted by Crippen LogP contribution is -2.13. The fraction of sp³-hybridized carbons (Fsp3) is 0.0500. The molecule has 0 radical (unpaired) electrons. The third-order valence-electron chi connectivity index (χ3n) is 4.08. The van der Waals surface area contributed by atoms with Crippen molar-refractivity contribution >= 4 is 34.1 Å². The molecule has 0 fully saturated rings. The van der Waals surface area contributed by atoms with Crippen LogP contribution >= 0.6 is 11.6 Å². The van der Waals surface area contributed by atoms with E-state index in [0.717, 1.165) is 16.6 Å². The maximum absolute atomic E-state index is 12.7. The van der Waals surface area contributed by atoms with Gasteiger partial charge in [0.05, 0.1) is 22.6 Å². The Morgan fingerprint density at radius 1 is 1.04 bits per heavy atom. The summed E-state index contributed by atoms with van der Waals surface area (Å²) in [6.07, 6.45) is 5.31. The summed E-state index contributed by atoms with van der Waals surface area (Å²) in [6.45, 7) is 0.687. The lowest BCUT2D eigenvalue weighted by atomic mass is 10.1. The topological polar surface area (TPSA) is 59.8 Å². The maximum Gasteiger partial charge on any atom is 0.257 e. The van der Waals surface area contributed by atoms with E-state index < -0.39 is 0 Å². The van der Waals surface area contributed by atoms with Crippen molar-refractivity contribution in [3.8, 4) is 0 Å². The van der Waals surface area contributed by atoms with Gasteiger partial charge in [-0.1, -0.05) is 23.7 Å². The average Bonchev–Trinajstić information content (AvgIpc) is 3.17. The molecule has 2 heterocycles. The third-order valence-corrected chi connectivity index (χ3v) is 4.41. The van der Waals surface area contributed by atoms with Gasteiger partial charge in [0.25, 0.3) is 5.91 Å². The smallest absolute Gasteiger partial charge is 0.257 e. The fourth-order valence-corrected chi connectivity index (χ4v) is 3.01. The molecule has 0 bridgehead atoms. The van der Waals surface area contributed by atoms with Gasteiger partial charge in [0, 0.05) is 29.7 Å². The first-order valence-corrected chi connectivity index (χ1v) is 8.49. The molecule has 0 aliphatic heterocycles. The molecule has 5 nitrogen and oxygen atoms in total. The molecule has 6 heteroatoms. The van der Waals surface area contributed by atoms with Crippen LogP contribution in [0.3, 0.4) is 0 Å². The minimum absolute atomic E-state index is 0.217. The van der Waals surface area contributed by atoms with Crippen LogP contribution in [0.4, 0.5) is 5.69 Å². The van der Waals surface area contributed by atoms with E-state index in [-0.39, 0.29) is 5.91 Å². The predicted octanol–water partition coefficient (Wildman–Crippen LogP) is 4.39. The monoisotopic (exact) mass is 362 g/mol. The minimum Gasteiger partial charge on any atom is -0.322 e. The molecule has 2 aromatic heterocycles. The summed E-state index contributed by atoms with van der Waals surface area (Å²) >= 11 is 6.19. The van der Waals surface area contributed by atoms with Crippen molar-refractivity contribution in [2.75, 3.05) is 5.32 Å². The Morgan fingerprint density at radius 2 is 1.88 bits per heavy atom. The van der Waals surface area contributed by atoms with E-state index in [9.17, 15) is 4.79 Å². The molecule has 0 unspecified atom stereocenters. The first kappa shape index (κ1) is 16.3. The number of amides is 1. The minimum atomic E-state index is -0.217. The van der Waals surface area contributed by atoms with Gasteiger partial charge in [-0.05, 0) is 48.0 Å². The largest absolute Gasteiger partial charge is 0.322 e. The summed E-state index contributed by atoms with van der Waals surface area (Å²) < 4.78 is 1.85. The Balaban J connectivity index is 1.54. The maximum atomic E-state index is 12.7. The van der Waals surface area contributed by atoms with Gasteiger partial charge in [-0.15, -0.1) is 0 Å². The SMILES string of the molecule is O=C(Nc1ccc(Cn2cccn2)cc1)c1ccc(Cl)c2cccnc12. The van der Waals surface area contributed by atoms with Crippen LogP contribution in [-0.2, 0) is 6.54 Å². The van der Waals surface area contributed by atoms with Crippen molar-refractivity contribution in [1.29, 1.82) is 0 Å². The number of carbonyl (C=O) groups excluding carboxylic acids is 1. The van der Waals surface area contributed by atoms with Crippen molar-refractivity contribution in [2.45, 2.75) is 6.54 Å². The zero-order valence-electron chi connectivity index (χ0n) is 13.8. The number of pyridine rings is 1. The van der Waals surface area contributed by atoms with Crippen LogP contribution in [-0.4, -0.2) is 20.7 Å². The number of halogens is 1. The average molecular weight is 363 g/mol. The van der Waals surface area contributed by atoms with Crippen LogP contribution in [0.25, 0.3) is 10.9 Å². The van der Waals surface area contributed by atoms with Gasteiger partial charge in [-0.2, -0.15) is 5.10 Å². The fourth-order valence-electron chi connectivity index (χ4n) is 2.79. The number of hydrogen-bond acceptors (Lipinski definition) is 3. The summed E-state index contributed by atoms with van der Waals surface area (Å²) in [4.78, 5) is 17.0. The molecule has 4 rings (SSSR count). The Labute approximate surface area is 155 Å². The zero-order chi connectivity index (χ0) is 17.9. The number of carbonyl (C=O) groups is 1. The molecular weight excluding hydrogens is 348 g/mol. The second kappa shape index (κ2) is 6.98. The zero-order valence-corrected chi connectivity index (χ0v) is 14.5. The van der Waals surface area contributed by atoms with Gasteiger partial charge in [0.1, 0.15) is 0 Å². The highest BCUT2D eigenvalue weighted by Gasteiger charge is 2.13. The van der Waals surface area contributed by atoms with Crippen molar-refractivity contribution < 1.29 is 4.79 Å². The van der Waals surface area contributed by atoms with E-state index in [1.807, 2.05) is 47.3 Å². The summed E-state index contributed by atoms with van der Waals surface area (Å²) in [5, 5.41) is 8.44. The van der Waals surface area contributed by atoms with Gasteiger partial charge in [-0.3, -0.25) is 14.5 Å². The quantitative estimate of drug-likeness (QED) is 0.586. The number of nitrogens with one attached hydrogen (secondary N) is 1. The molecule has 0 spiro atoms. The molecule has 0 atom stereocenters. The van der Waals surface area contributed by atoms with Crippen molar-refractivity contribution in [3.05, 3.63) is 89.3 Å². The van der Waals surface area contributed by atoms with E-state index >= 15 is 0 Å². The molecule has 1 amide bonds. The molecular formula is C20H15ClN4O. The van der Waals surface area contributed by atoms with Crippen LogP contribution < -0.4 is 5.32 Å².